The van der Waals surface area contributed by atoms with E-state index in [0.29, 0.717) is 23.6 Å². The topological polar surface area (TPSA) is 47.0 Å². The Morgan fingerprint density at radius 1 is 1.50 bits per heavy atom. The minimum absolute atomic E-state index is 0.344. The van der Waals surface area contributed by atoms with Crippen molar-refractivity contribution in [1.29, 1.82) is 0 Å². The maximum atomic E-state index is 5.73. The van der Waals surface area contributed by atoms with E-state index in [1.165, 1.54) is 0 Å². The van der Waals surface area contributed by atoms with Gasteiger partial charge in [-0.3, -0.25) is 0 Å². The number of hydrogen-bond acceptors (Lipinski definition) is 4. The predicted octanol–water partition coefficient (Wildman–Crippen LogP) is 2.61. The molecular weight excluding hydrogens is 226 g/mol. The Kier molecular flexibility index (Phi) is 5.32. The van der Waals surface area contributed by atoms with E-state index in [1.807, 2.05) is 6.92 Å². The van der Waals surface area contributed by atoms with Crippen LogP contribution < -0.4 is 10.1 Å². The van der Waals surface area contributed by atoms with Crippen LogP contribution in [0.1, 0.15) is 25.6 Å². The van der Waals surface area contributed by atoms with Gasteiger partial charge in [0.05, 0.1) is 7.11 Å². The van der Waals surface area contributed by atoms with E-state index in [1.54, 1.807) is 13.2 Å². The standard InChI is InChI=1S/C11H18ClN3O/c1-4-9(5-6-12)15-10-7-11(16-3)14-8(2)13-10/h7,9H,4-6H2,1-3H3,(H,13,14,15). The molecule has 0 fully saturated rings. The number of anilines is 1. The monoisotopic (exact) mass is 243 g/mol. The highest BCUT2D eigenvalue weighted by Crippen LogP contribution is 2.15. The first-order chi connectivity index (χ1) is 7.69. The van der Waals surface area contributed by atoms with Crippen molar-refractivity contribution in [3.8, 4) is 5.88 Å². The van der Waals surface area contributed by atoms with Gasteiger partial charge in [-0.25, -0.2) is 4.98 Å². The molecule has 0 aliphatic rings. The third-order valence-corrected chi connectivity index (χ3v) is 2.54. The zero-order valence-electron chi connectivity index (χ0n) is 9.96. The van der Waals surface area contributed by atoms with Crippen LogP contribution in [-0.2, 0) is 0 Å². The van der Waals surface area contributed by atoms with Crippen LogP contribution in [0.5, 0.6) is 5.88 Å². The van der Waals surface area contributed by atoms with Crippen molar-refractivity contribution < 1.29 is 4.74 Å². The fourth-order valence-electron chi connectivity index (χ4n) is 1.44. The van der Waals surface area contributed by atoms with E-state index in [-0.39, 0.29) is 0 Å². The summed E-state index contributed by atoms with van der Waals surface area (Å²) in [7, 11) is 1.60. The first-order valence-corrected chi connectivity index (χ1v) is 5.95. The van der Waals surface area contributed by atoms with Crippen LogP contribution in [0.2, 0.25) is 0 Å². The lowest BCUT2D eigenvalue weighted by Gasteiger charge is -2.16. The third-order valence-electron chi connectivity index (χ3n) is 2.33. The number of alkyl halides is 1. The molecule has 0 aliphatic carbocycles. The molecule has 1 atom stereocenters. The van der Waals surface area contributed by atoms with Gasteiger partial charge < -0.3 is 10.1 Å². The Balaban J connectivity index is 2.74. The summed E-state index contributed by atoms with van der Waals surface area (Å²) in [5.41, 5.74) is 0. The van der Waals surface area contributed by atoms with Crippen molar-refractivity contribution in [2.45, 2.75) is 32.7 Å². The zero-order valence-corrected chi connectivity index (χ0v) is 10.7. The molecule has 16 heavy (non-hydrogen) atoms. The van der Waals surface area contributed by atoms with E-state index in [9.17, 15) is 0 Å². The Hall–Kier alpha value is -1.03. The average molecular weight is 244 g/mol. The molecule has 4 nitrogen and oxygen atoms in total. The molecule has 0 spiro atoms. The molecule has 1 rings (SSSR count). The largest absolute Gasteiger partial charge is 0.481 e. The van der Waals surface area contributed by atoms with E-state index in [2.05, 4.69) is 22.2 Å². The fraction of sp³-hybridized carbons (Fsp3) is 0.636. The molecule has 1 aromatic heterocycles. The highest BCUT2D eigenvalue weighted by Gasteiger charge is 2.08. The van der Waals surface area contributed by atoms with Crippen LogP contribution >= 0.6 is 11.6 Å². The molecule has 0 radical (unpaired) electrons. The van der Waals surface area contributed by atoms with Crippen molar-refractivity contribution in [3.05, 3.63) is 11.9 Å². The van der Waals surface area contributed by atoms with Crippen LogP contribution in [0, 0.1) is 6.92 Å². The fourth-order valence-corrected chi connectivity index (χ4v) is 1.70. The molecule has 0 bridgehead atoms. The third kappa shape index (κ3) is 3.85. The van der Waals surface area contributed by atoms with Crippen LogP contribution in [0.25, 0.3) is 0 Å². The number of aryl methyl sites for hydroxylation is 1. The molecule has 0 saturated heterocycles. The molecule has 1 aromatic rings. The minimum Gasteiger partial charge on any atom is -0.481 e. The quantitative estimate of drug-likeness (QED) is 0.781. The number of methoxy groups -OCH3 is 1. The molecule has 5 heteroatoms. The number of rotatable bonds is 6. The summed E-state index contributed by atoms with van der Waals surface area (Å²) in [6, 6.07) is 2.14. The zero-order chi connectivity index (χ0) is 12.0. The Bertz CT molecular complexity index is 333. The summed E-state index contributed by atoms with van der Waals surface area (Å²) in [5.74, 6) is 2.71. The molecular formula is C11H18ClN3O. The van der Waals surface area contributed by atoms with Crippen LogP contribution in [0.4, 0.5) is 5.82 Å². The van der Waals surface area contributed by atoms with Gasteiger partial charge in [-0.1, -0.05) is 6.92 Å². The smallest absolute Gasteiger partial charge is 0.218 e. The Morgan fingerprint density at radius 2 is 2.25 bits per heavy atom. The van der Waals surface area contributed by atoms with Gasteiger partial charge in [0.15, 0.2) is 0 Å². The second-order valence-electron chi connectivity index (χ2n) is 3.57. The second kappa shape index (κ2) is 6.53. The van der Waals surface area contributed by atoms with E-state index < -0.39 is 0 Å². The average Bonchev–Trinajstić information content (AvgIpc) is 2.27. The molecule has 1 heterocycles. The second-order valence-corrected chi connectivity index (χ2v) is 3.95. The maximum absolute atomic E-state index is 5.73. The SMILES string of the molecule is CCC(CCCl)Nc1cc(OC)nc(C)n1. The summed E-state index contributed by atoms with van der Waals surface area (Å²) in [4.78, 5) is 8.44. The number of aromatic nitrogens is 2. The lowest BCUT2D eigenvalue weighted by Crippen LogP contribution is -2.20. The van der Waals surface area contributed by atoms with Gasteiger partial charge in [0.1, 0.15) is 11.6 Å². The highest BCUT2D eigenvalue weighted by molar-refractivity contribution is 6.17. The van der Waals surface area contributed by atoms with Gasteiger partial charge in [-0.15, -0.1) is 11.6 Å². The normalized spacial score (nSPS) is 12.2. The van der Waals surface area contributed by atoms with Crippen LogP contribution in [0.3, 0.4) is 0 Å². The summed E-state index contributed by atoms with van der Waals surface area (Å²) in [6.07, 6.45) is 1.93. The Morgan fingerprint density at radius 3 is 2.81 bits per heavy atom. The van der Waals surface area contributed by atoms with Crippen molar-refractivity contribution >= 4 is 17.4 Å². The van der Waals surface area contributed by atoms with Gasteiger partial charge in [0.25, 0.3) is 0 Å². The van der Waals surface area contributed by atoms with Crippen molar-refractivity contribution in [1.82, 2.24) is 9.97 Å². The molecule has 0 saturated carbocycles. The molecule has 1 N–H and O–H groups in total. The summed E-state index contributed by atoms with van der Waals surface area (Å²) in [5, 5.41) is 3.33. The maximum Gasteiger partial charge on any atom is 0.218 e. The number of nitrogens with one attached hydrogen (secondary N) is 1. The number of halogens is 1. The predicted molar refractivity (Wildman–Crippen MR) is 66.4 cm³/mol. The molecule has 90 valence electrons. The number of nitrogens with zero attached hydrogens (tertiary/aromatic N) is 2. The lowest BCUT2D eigenvalue weighted by atomic mass is 10.2. The first kappa shape index (κ1) is 13.0. The van der Waals surface area contributed by atoms with Gasteiger partial charge in [-0.05, 0) is 19.8 Å². The first-order valence-electron chi connectivity index (χ1n) is 5.41. The molecule has 1 unspecified atom stereocenters. The lowest BCUT2D eigenvalue weighted by molar-refractivity contribution is 0.395. The molecule has 0 amide bonds. The summed E-state index contributed by atoms with van der Waals surface area (Å²) in [6.45, 7) is 3.96. The number of ether oxygens (including phenoxy) is 1. The summed E-state index contributed by atoms with van der Waals surface area (Å²) < 4.78 is 5.09. The van der Waals surface area contributed by atoms with Crippen LogP contribution in [0.15, 0.2) is 6.07 Å². The van der Waals surface area contributed by atoms with Crippen molar-refractivity contribution in [2.75, 3.05) is 18.3 Å². The molecule has 0 aromatic carbocycles. The van der Waals surface area contributed by atoms with E-state index in [0.717, 1.165) is 18.7 Å². The van der Waals surface area contributed by atoms with Crippen molar-refractivity contribution in [2.24, 2.45) is 0 Å². The molecule has 0 aliphatic heterocycles. The van der Waals surface area contributed by atoms with Crippen LogP contribution in [-0.4, -0.2) is 29.0 Å². The van der Waals surface area contributed by atoms with E-state index >= 15 is 0 Å². The van der Waals surface area contributed by atoms with E-state index in [4.69, 9.17) is 16.3 Å². The highest BCUT2D eigenvalue weighted by atomic mass is 35.5. The van der Waals surface area contributed by atoms with Gasteiger partial charge >= 0.3 is 0 Å². The van der Waals surface area contributed by atoms with Crippen molar-refractivity contribution in [3.63, 3.8) is 0 Å². The summed E-state index contributed by atoms with van der Waals surface area (Å²) >= 11 is 5.73. The Labute approximate surface area is 101 Å². The minimum atomic E-state index is 0.344. The van der Waals surface area contributed by atoms with Gasteiger partial charge in [0, 0.05) is 18.0 Å². The number of hydrogen-bond donors (Lipinski definition) is 1. The van der Waals surface area contributed by atoms with Gasteiger partial charge in [-0.2, -0.15) is 4.98 Å². The van der Waals surface area contributed by atoms with Gasteiger partial charge in [0.2, 0.25) is 5.88 Å².